The summed E-state index contributed by atoms with van der Waals surface area (Å²) in [7, 11) is 0. The lowest BCUT2D eigenvalue weighted by Gasteiger charge is -2.44. The minimum Gasteiger partial charge on any atom is -0.311 e. The van der Waals surface area contributed by atoms with Gasteiger partial charge in [0.2, 0.25) is 0 Å². The van der Waals surface area contributed by atoms with Crippen LogP contribution in [0.1, 0.15) is 28.8 Å². The van der Waals surface area contributed by atoms with Crippen LogP contribution < -0.4 is 26.2 Å². The van der Waals surface area contributed by atoms with Gasteiger partial charge in [-0.1, -0.05) is 78.6 Å². The second kappa shape index (κ2) is 7.14. The van der Waals surface area contributed by atoms with E-state index in [9.17, 15) is 2.74 Å². The first kappa shape index (κ1) is 7.13. The van der Waals surface area contributed by atoms with Gasteiger partial charge in [-0.15, -0.1) is 0 Å². The molecular weight excluding hydrogens is 399 g/mol. The Labute approximate surface area is 223 Å². The molecular formula is C30H21BN2. The van der Waals surface area contributed by atoms with E-state index in [0.29, 0.717) is 0 Å². The van der Waals surface area contributed by atoms with Gasteiger partial charge in [0, 0.05) is 34.1 Å². The number of hydrogen-bond acceptors (Lipinski definition) is 2. The van der Waals surface area contributed by atoms with Crippen molar-refractivity contribution < 1.29 is 28.8 Å². The maximum Gasteiger partial charge on any atom is 0.252 e. The van der Waals surface area contributed by atoms with Crippen LogP contribution in [0.25, 0.3) is 0 Å². The monoisotopic (exact) mass is 441 g/mol. The lowest BCUT2D eigenvalue weighted by molar-refractivity contribution is 1.25. The zero-order valence-electron chi connectivity index (χ0n) is 37.5. The van der Waals surface area contributed by atoms with Crippen molar-refractivity contribution in [2.75, 3.05) is 9.80 Å². The Balaban J connectivity index is 1.84. The van der Waals surface area contributed by atoms with Crippen molar-refractivity contribution in [2.24, 2.45) is 0 Å². The third kappa shape index (κ3) is 2.63. The van der Waals surface area contributed by atoms with Crippen molar-refractivity contribution in [2.45, 2.75) is 0 Å². The molecule has 0 amide bonds. The fourth-order valence-corrected chi connectivity index (χ4v) is 4.24. The molecule has 0 spiro atoms. The molecule has 154 valence electrons. The third-order valence-electron chi connectivity index (χ3n) is 5.44. The summed E-state index contributed by atoms with van der Waals surface area (Å²) in [4.78, 5) is 1.55. The smallest absolute Gasteiger partial charge is 0.252 e. The van der Waals surface area contributed by atoms with E-state index in [1.165, 1.54) is 0 Å². The molecule has 2 heterocycles. The second-order valence-corrected chi connectivity index (χ2v) is 7.06. The average molecular weight is 441 g/mol. The first-order chi connectivity index (χ1) is 25.1. The summed E-state index contributed by atoms with van der Waals surface area (Å²) in [6.45, 7) is -1.75. The van der Waals surface area contributed by atoms with Gasteiger partial charge in [0.25, 0.3) is 6.71 Å². The van der Waals surface area contributed by atoms with Crippen LogP contribution in [-0.2, 0) is 0 Å². The van der Waals surface area contributed by atoms with Gasteiger partial charge < -0.3 is 9.80 Å². The molecule has 0 radical (unpaired) electrons. The summed E-state index contributed by atoms with van der Waals surface area (Å²) in [5.41, 5.74) is -5.08. The zero-order valence-corrected chi connectivity index (χ0v) is 16.5. The van der Waals surface area contributed by atoms with Gasteiger partial charge in [0.05, 0.1) is 28.8 Å². The first-order valence-electron chi connectivity index (χ1n) is 20.2. The maximum atomic E-state index is 9.22. The quantitative estimate of drug-likeness (QED) is 0.314. The first-order valence-corrected chi connectivity index (χ1v) is 9.71. The van der Waals surface area contributed by atoms with Crippen LogP contribution in [0, 0.1) is 0 Å². The van der Waals surface area contributed by atoms with E-state index in [1.807, 2.05) is 0 Å². The molecule has 33 heavy (non-hydrogen) atoms. The van der Waals surface area contributed by atoms with Gasteiger partial charge >= 0.3 is 0 Å². The van der Waals surface area contributed by atoms with Crippen LogP contribution in [-0.4, -0.2) is 6.71 Å². The number of para-hydroxylation sites is 4. The minimum absolute atomic E-state index is 0.394. The van der Waals surface area contributed by atoms with Crippen molar-refractivity contribution >= 4 is 57.2 Å². The van der Waals surface area contributed by atoms with Gasteiger partial charge in [-0.25, -0.2) is 0 Å². The van der Waals surface area contributed by atoms with Crippen LogP contribution in [0.3, 0.4) is 0 Å². The summed E-state index contributed by atoms with van der Waals surface area (Å²) in [5.74, 6) is 0. The number of benzene rings is 5. The van der Waals surface area contributed by atoms with Crippen LogP contribution >= 0.6 is 0 Å². The molecule has 0 unspecified atom stereocenters. The molecule has 0 bridgehead atoms. The van der Waals surface area contributed by atoms with Crippen molar-refractivity contribution in [3.63, 3.8) is 0 Å². The molecule has 5 aromatic rings. The van der Waals surface area contributed by atoms with E-state index in [-0.39, 0.29) is 0 Å². The normalized spacial score (nSPS) is 22.2. The largest absolute Gasteiger partial charge is 0.311 e. The second-order valence-electron chi connectivity index (χ2n) is 7.06. The molecule has 0 saturated heterocycles. The molecule has 2 aliphatic rings. The predicted molar refractivity (Wildman–Crippen MR) is 140 cm³/mol. The highest BCUT2D eigenvalue weighted by Crippen LogP contribution is 2.43. The summed E-state index contributed by atoms with van der Waals surface area (Å²) < 4.78 is 184. The molecule has 5 aromatic carbocycles. The highest BCUT2D eigenvalue weighted by molar-refractivity contribution is 7.00. The van der Waals surface area contributed by atoms with E-state index in [1.54, 1.807) is 0 Å². The van der Waals surface area contributed by atoms with E-state index in [0.717, 1.165) is 9.80 Å². The standard InChI is InChI=1S/C30H21BN2/c1-3-12-22(13-4-1)32-26-18-9-7-16-24(26)31-25-17-8-10-19-27(25)33(23-14-5-2-6-15-23)29-21-11-20-28(32)30(29)31/h1-21H/i1D,2D,3D,4D,5D,6D,7D,8D,9D,10D,11D,12D,13D,14D,15D,16D,17D,18D,19D,20D,21D. The van der Waals surface area contributed by atoms with E-state index in [2.05, 4.69) is 0 Å². The Morgan fingerprint density at radius 1 is 0.424 bits per heavy atom. The molecule has 0 fully saturated rings. The lowest BCUT2D eigenvalue weighted by Crippen LogP contribution is -2.61. The molecule has 0 aliphatic carbocycles. The SMILES string of the molecule is [2H]c1c([2H])c([2H])c(N2c3c([2H])c([2H])c([2H])c([2H])c3B3c4c([2H])c([2H])c([2H])c([2H])c4N(c4c([2H])c([2H])c([2H])c([2H])c4[2H])c4c([2H])c([2H])c([2H])c2c43)c([2H])c1[2H]. The molecule has 7 rings (SSSR count). The number of nitrogens with zero attached hydrogens (tertiary/aromatic N) is 2. The van der Waals surface area contributed by atoms with E-state index in [4.69, 9.17) is 26.0 Å². The highest BCUT2D eigenvalue weighted by atomic mass is 15.2. The zero-order chi connectivity index (χ0) is 40.1. The molecule has 0 atom stereocenters. The van der Waals surface area contributed by atoms with Gasteiger partial charge in [0.15, 0.2) is 0 Å². The van der Waals surface area contributed by atoms with Crippen LogP contribution in [0.5, 0.6) is 0 Å². The van der Waals surface area contributed by atoms with Crippen molar-refractivity contribution in [3.8, 4) is 0 Å². The number of fused-ring (bicyclic) bond motifs is 4. The van der Waals surface area contributed by atoms with E-state index < -0.39 is 184 Å². The van der Waals surface area contributed by atoms with Crippen molar-refractivity contribution in [1.29, 1.82) is 0 Å². The van der Waals surface area contributed by atoms with E-state index >= 15 is 0 Å². The lowest BCUT2D eigenvalue weighted by atomic mass is 9.33. The molecule has 2 nitrogen and oxygen atoms in total. The summed E-state index contributed by atoms with van der Waals surface area (Å²) in [6.07, 6.45) is 0. The number of hydrogen-bond donors (Lipinski definition) is 0. The molecule has 3 heteroatoms. The molecule has 0 N–H and O–H groups in total. The highest BCUT2D eigenvalue weighted by Gasteiger charge is 2.42. The Kier molecular flexibility index (Phi) is 1.54. The summed E-state index contributed by atoms with van der Waals surface area (Å²) >= 11 is 0. The predicted octanol–water partition coefficient (Wildman–Crippen LogP) is 5.77. The third-order valence-corrected chi connectivity index (χ3v) is 5.44. The summed E-state index contributed by atoms with van der Waals surface area (Å²) in [6, 6.07) is -18.1. The van der Waals surface area contributed by atoms with Gasteiger partial charge in [-0.3, -0.25) is 0 Å². The Bertz CT molecular complexity index is 2380. The maximum absolute atomic E-state index is 9.22. The van der Waals surface area contributed by atoms with Gasteiger partial charge in [0.1, 0.15) is 0 Å². The molecule has 2 aliphatic heterocycles. The van der Waals surface area contributed by atoms with Crippen molar-refractivity contribution in [3.05, 3.63) is 127 Å². The Morgan fingerprint density at radius 3 is 1.30 bits per heavy atom. The Morgan fingerprint density at radius 2 is 0.818 bits per heavy atom. The topological polar surface area (TPSA) is 6.48 Å². The van der Waals surface area contributed by atoms with Crippen molar-refractivity contribution in [1.82, 2.24) is 0 Å². The number of anilines is 6. The van der Waals surface area contributed by atoms with Crippen LogP contribution in [0.2, 0.25) is 0 Å². The van der Waals surface area contributed by atoms with Gasteiger partial charge in [-0.2, -0.15) is 0 Å². The van der Waals surface area contributed by atoms with Gasteiger partial charge in [-0.05, 0) is 64.7 Å². The fraction of sp³-hybridized carbons (Fsp3) is 0. The fourth-order valence-electron chi connectivity index (χ4n) is 4.24. The summed E-state index contributed by atoms with van der Waals surface area (Å²) in [5, 5.41) is 0. The minimum atomic E-state index is -1.75. The molecule has 0 saturated carbocycles. The number of rotatable bonds is 2. The molecule has 0 aromatic heterocycles. The average Bonchev–Trinajstić information content (AvgIpc) is 3.15. The van der Waals surface area contributed by atoms with Crippen LogP contribution in [0.4, 0.5) is 34.1 Å². The van der Waals surface area contributed by atoms with Crippen LogP contribution in [0.15, 0.2) is 127 Å². The Hall–Kier alpha value is -4.24.